The van der Waals surface area contributed by atoms with Gasteiger partial charge in [0.05, 0.1) is 13.1 Å². The Morgan fingerprint density at radius 1 is 1.00 bits per heavy atom. The van der Waals surface area contributed by atoms with Crippen molar-refractivity contribution in [1.29, 1.82) is 0 Å². The number of halogens is 1. The fourth-order valence-electron chi connectivity index (χ4n) is 2.81. The molecule has 0 N–H and O–H groups in total. The Morgan fingerprint density at radius 3 is 2.26 bits per heavy atom. The molecule has 0 fully saturated rings. The molecule has 27 heavy (non-hydrogen) atoms. The maximum Gasteiger partial charge on any atom is 0.242 e. The van der Waals surface area contributed by atoms with Gasteiger partial charge < -0.3 is 9.80 Å². The lowest BCUT2D eigenvalue weighted by Crippen LogP contribution is -2.45. The minimum absolute atomic E-state index is 0.0479. The fraction of sp³-hybridized carbons (Fsp3) is 0.429. The van der Waals surface area contributed by atoms with Crippen LogP contribution in [0.2, 0.25) is 0 Å². The number of rotatable bonds is 9. The molecule has 0 saturated heterocycles. The van der Waals surface area contributed by atoms with Crippen LogP contribution in [0.1, 0.15) is 31.2 Å². The number of hydrogen-bond acceptors (Lipinski definition) is 3. The van der Waals surface area contributed by atoms with Crippen LogP contribution in [0, 0.1) is 5.92 Å². The first-order chi connectivity index (χ1) is 12.9. The van der Waals surface area contributed by atoms with Gasteiger partial charge in [0.1, 0.15) is 5.38 Å². The van der Waals surface area contributed by atoms with Crippen molar-refractivity contribution in [3.8, 4) is 0 Å². The van der Waals surface area contributed by atoms with Crippen LogP contribution in [0.5, 0.6) is 0 Å². The predicted molar refractivity (Wildman–Crippen MR) is 112 cm³/mol. The summed E-state index contributed by atoms with van der Waals surface area (Å²) in [7, 11) is 0. The first kappa shape index (κ1) is 21.5. The van der Waals surface area contributed by atoms with Crippen molar-refractivity contribution in [1.82, 2.24) is 9.80 Å². The third-order valence-electron chi connectivity index (χ3n) is 4.06. The number of carbonyl (C=O) groups excluding carboxylic acids is 2. The van der Waals surface area contributed by atoms with Gasteiger partial charge in [-0.05, 0) is 29.9 Å². The number of thiophene rings is 1. The first-order valence-corrected chi connectivity index (χ1v) is 10.5. The Bertz CT molecular complexity index is 717. The molecule has 0 aliphatic heterocycles. The zero-order valence-corrected chi connectivity index (χ0v) is 17.7. The molecule has 1 atom stereocenters. The Kier molecular flexibility index (Phi) is 8.32. The van der Waals surface area contributed by atoms with Gasteiger partial charge in [-0.1, -0.05) is 50.2 Å². The third-order valence-corrected chi connectivity index (χ3v) is 5.11. The van der Waals surface area contributed by atoms with E-state index in [1.165, 1.54) is 0 Å². The van der Waals surface area contributed by atoms with E-state index in [0.717, 1.165) is 10.4 Å². The van der Waals surface area contributed by atoms with Crippen LogP contribution in [0.3, 0.4) is 0 Å². The van der Waals surface area contributed by atoms with E-state index in [0.29, 0.717) is 19.6 Å². The Labute approximate surface area is 170 Å². The van der Waals surface area contributed by atoms with Crippen LogP contribution < -0.4 is 0 Å². The maximum atomic E-state index is 13.1. The number of amides is 2. The predicted octanol–water partition coefficient (Wildman–Crippen LogP) is 4.39. The summed E-state index contributed by atoms with van der Waals surface area (Å²) in [6, 6.07) is 13.9. The standard InChI is InChI=1S/C21H27ClN2O2S/c1-16(2)12-24(21(26)17(3)22)15-20(25)23(14-19-10-7-11-27-19)13-18-8-5-4-6-9-18/h4-11,16-17H,12-15H2,1-3H3/t17-/m1/s1. The number of carbonyl (C=O) groups is 2. The highest BCUT2D eigenvalue weighted by Gasteiger charge is 2.25. The van der Waals surface area contributed by atoms with E-state index >= 15 is 0 Å². The highest BCUT2D eigenvalue weighted by atomic mass is 35.5. The molecule has 0 bridgehead atoms. The molecule has 146 valence electrons. The maximum absolute atomic E-state index is 13.1. The van der Waals surface area contributed by atoms with Crippen LogP contribution in [0.4, 0.5) is 0 Å². The molecular formula is C21H27ClN2O2S. The average molecular weight is 407 g/mol. The molecule has 0 aliphatic carbocycles. The first-order valence-electron chi connectivity index (χ1n) is 9.13. The Hall–Kier alpha value is -1.85. The van der Waals surface area contributed by atoms with Crippen molar-refractivity contribution in [3.63, 3.8) is 0 Å². The highest BCUT2D eigenvalue weighted by Crippen LogP contribution is 2.16. The molecule has 1 aromatic carbocycles. The van der Waals surface area contributed by atoms with Gasteiger partial charge in [-0.2, -0.15) is 0 Å². The highest BCUT2D eigenvalue weighted by molar-refractivity contribution is 7.09. The van der Waals surface area contributed by atoms with Crippen LogP contribution in [-0.4, -0.2) is 40.1 Å². The SMILES string of the molecule is CC(C)CN(CC(=O)N(Cc1ccccc1)Cc1cccs1)C(=O)[C@@H](C)Cl. The molecule has 2 rings (SSSR count). The zero-order valence-electron chi connectivity index (χ0n) is 16.1. The van der Waals surface area contributed by atoms with Gasteiger partial charge in [-0.25, -0.2) is 0 Å². The fourth-order valence-corrected chi connectivity index (χ4v) is 3.67. The summed E-state index contributed by atoms with van der Waals surface area (Å²) < 4.78 is 0. The third kappa shape index (κ3) is 7.00. The average Bonchev–Trinajstić information content (AvgIpc) is 3.13. The number of alkyl halides is 1. The van der Waals surface area contributed by atoms with Crippen molar-refractivity contribution in [2.45, 2.75) is 39.2 Å². The van der Waals surface area contributed by atoms with Crippen molar-refractivity contribution < 1.29 is 9.59 Å². The van der Waals surface area contributed by atoms with Gasteiger partial charge >= 0.3 is 0 Å². The van der Waals surface area contributed by atoms with E-state index < -0.39 is 5.38 Å². The number of nitrogens with zero attached hydrogens (tertiary/aromatic N) is 2. The molecule has 6 heteroatoms. The Morgan fingerprint density at radius 2 is 1.70 bits per heavy atom. The monoisotopic (exact) mass is 406 g/mol. The van der Waals surface area contributed by atoms with Gasteiger partial charge in [0.2, 0.25) is 11.8 Å². The van der Waals surface area contributed by atoms with Gasteiger partial charge in [-0.15, -0.1) is 22.9 Å². The summed E-state index contributed by atoms with van der Waals surface area (Å²) in [5, 5.41) is 1.36. The molecule has 0 saturated carbocycles. The number of benzene rings is 1. The molecule has 0 spiro atoms. The molecule has 4 nitrogen and oxygen atoms in total. The van der Waals surface area contributed by atoms with Crippen molar-refractivity contribution in [2.75, 3.05) is 13.1 Å². The van der Waals surface area contributed by atoms with E-state index in [2.05, 4.69) is 0 Å². The van der Waals surface area contributed by atoms with Crippen LogP contribution in [0.15, 0.2) is 47.8 Å². The topological polar surface area (TPSA) is 40.6 Å². The van der Waals surface area contributed by atoms with Crippen LogP contribution >= 0.6 is 22.9 Å². The van der Waals surface area contributed by atoms with E-state index in [4.69, 9.17) is 11.6 Å². The zero-order chi connectivity index (χ0) is 19.8. The van der Waals surface area contributed by atoms with Crippen molar-refractivity contribution >= 4 is 34.8 Å². The summed E-state index contributed by atoms with van der Waals surface area (Å²) in [5.74, 6) is -0.00916. The van der Waals surface area contributed by atoms with Gasteiger partial charge in [0.15, 0.2) is 0 Å². The lowest BCUT2D eigenvalue weighted by atomic mass is 10.2. The summed E-state index contributed by atoms with van der Waals surface area (Å²) in [4.78, 5) is 30.0. The van der Waals surface area contributed by atoms with Gasteiger partial charge in [-0.3, -0.25) is 9.59 Å². The molecular weight excluding hydrogens is 380 g/mol. The minimum Gasteiger partial charge on any atom is -0.332 e. The van der Waals surface area contributed by atoms with Crippen LogP contribution in [0.25, 0.3) is 0 Å². The van der Waals surface area contributed by atoms with E-state index in [-0.39, 0.29) is 24.3 Å². The molecule has 0 radical (unpaired) electrons. The lowest BCUT2D eigenvalue weighted by Gasteiger charge is -2.29. The molecule has 0 aliphatic rings. The number of hydrogen-bond donors (Lipinski definition) is 0. The summed E-state index contributed by atoms with van der Waals surface area (Å²) in [5.41, 5.74) is 1.06. The summed E-state index contributed by atoms with van der Waals surface area (Å²) >= 11 is 7.62. The minimum atomic E-state index is -0.642. The summed E-state index contributed by atoms with van der Waals surface area (Å²) in [6.07, 6.45) is 0. The van der Waals surface area contributed by atoms with Crippen molar-refractivity contribution in [3.05, 3.63) is 58.3 Å². The summed E-state index contributed by atoms with van der Waals surface area (Å²) in [6.45, 7) is 7.30. The smallest absolute Gasteiger partial charge is 0.242 e. The van der Waals surface area contributed by atoms with E-state index in [1.54, 1.807) is 28.1 Å². The van der Waals surface area contributed by atoms with Gasteiger partial charge in [0.25, 0.3) is 0 Å². The molecule has 2 aromatic rings. The second-order valence-electron chi connectivity index (χ2n) is 7.04. The Balaban J connectivity index is 2.16. The molecule has 1 heterocycles. The molecule has 1 aromatic heterocycles. The second-order valence-corrected chi connectivity index (χ2v) is 8.73. The van der Waals surface area contributed by atoms with Crippen molar-refractivity contribution in [2.24, 2.45) is 5.92 Å². The largest absolute Gasteiger partial charge is 0.332 e. The molecule has 0 unspecified atom stereocenters. The quantitative estimate of drug-likeness (QED) is 0.579. The van der Waals surface area contributed by atoms with E-state index in [9.17, 15) is 9.59 Å². The van der Waals surface area contributed by atoms with Gasteiger partial charge in [0, 0.05) is 18.0 Å². The van der Waals surface area contributed by atoms with Crippen LogP contribution in [-0.2, 0) is 22.7 Å². The normalized spacial score (nSPS) is 12.0. The van der Waals surface area contributed by atoms with E-state index in [1.807, 2.05) is 61.7 Å². The second kappa shape index (κ2) is 10.5. The lowest BCUT2D eigenvalue weighted by molar-refractivity contribution is -0.141. The molecule has 2 amide bonds.